The molecule has 1 aromatic rings. The van der Waals surface area contributed by atoms with Crippen molar-refractivity contribution >= 4 is 39.2 Å². The highest BCUT2D eigenvalue weighted by Crippen LogP contribution is 2.31. The van der Waals surface area contributed by atoms with E-state index in [0.29, 0.717) is 15.9 Å². The van der Waals surface area contributed by atoms with Crippen LogP contribution in [0.15, 0.2) is 10.7 Å². The summed E-state index contributed by atoms with van der Waals surface area (Å²) in [4.78, 5) is 14.4. The first-order chi connectivity index (χ1) is 8.28. The topological polar surface area (TPSA) is 68.1 Å². The Bertz CT molecular complexity index is 466. The maximum Gasteiger partial charge on any atom is 0.291 e. The van der Waals surface area contributed by atoms with Crippen LogP contribution >= 0.6 is 27.7 Å². The van der Waals surface area contributed by atoms with Crippen molar-refractivity contribution in [1.82, 2.24) is 4.98 Å². The van der Waals surface area contributed by atoms with E-state index in [2.05, 4.69) is 40.1 Å². The number of halogens is 1. The van der Waals surface area contributed by atoms with Gasteiger partial charge in [0.25, 0.3) is 5.69 Å². The van der Waals surface area contributed by atoms with Crippen LogP contribution in [0.25, 0.3) is 0 Å². The van der Waals surface area contributed by atoms with Gasteiger partial charge in [0.15, 0.2) is 0 Å². The lowest BCUT2D eigenvalue weighted by Gasteiger charge is -2.23. The Morgan fingerprint density at radius 2 is 2.22 bits per heavy atom. The molecule has 5 nitrogen and oxygen atoms in total. The Morgan fingerprint density at radius 1 is 1.61 bits per heavy atom. The molecule has 0 atom stereocenters. The monoisotopic (exact) mass is 333 g/mol. The fraction of sp³-hybridized carbons (Fsp3) is 0.545. The summed E-state index contributed by atoms with van der Waals surface area (Å²) < 4.78 is 0.727. The predicted molar refractivity (Wildman–Crippen MR) is 79.4 cm³/mol. The number of thioether (sulfide) groups is 1. The van der Waals surface area contributed by atoms with Crippen molar-refractivity contribution in [2.24, 2.45) is 0 Å². The zero-order chi connectivity index (χ0) is 13.9. The van der Waals surface area contributed by atoms with Gasteiger partial charge in [-0.05, 0) is 43.0 Å². The van der Waals surface area contributed by atoms with Crippen LogP contribution in [0, 0.1) is 17.0 Å². The summed E-state index contributed by atoms with van der Waals surface area (Å²) in [5.74, 6) is 0.639. The largest absolute Gasteiger partial charge is 0.368 e. The molecule has 0 spiro atoms. The third-order valence-corrected chi connectivity index (χ3v) is 4.89. The fourth-order valence-electron chi connectivity index (χ4n) is 1.25. The number of hydrogen-bond donors (Lipinski definition) is 1. The number of anilines is 1. The Labute approximate surface area is 119 Å². The molecule has 100 valence electrons. The first kappa shape index (κ1) is 15.2. The van der Waals surface area contributed by atoms with Crippen LogP contribution in [0.3, 0.4) is 0 Å². The van der Waals surface area contributed by atoms with Crippen LogP contribution in [0.1, 0.15) is 19.4 Å². The van der Waals surface area contributed by atoms with E-state index >= 15 is 0 Å². The van der Waals surface area contributed by atoms with Crippen molar-refractivity contribution in [1.29, 1.82) is 0 Å². The fourth-order valence-corrected chi connectivity index (χ4v) is 1.91. The Hall–Kier alpha value is -0.820. The summed E-state index contributed by atoms with van der Waals surface area (Å²) in [6.45, 7) is 6.68. The first-order valence-electron chi connectivity index (χ1n) is 5.37. The molecule has 1 heterocycles. The van der Waals surface area contributed by atoms with Gasteiger partial charge in [-0.3, -0.25) is 10.1 Å². The molecule has 0 bridgehead atoms. The molecule has 0 radical (unpaired) electrons. The van der Waals surface area contributed by atoms with Gasteiger partial charge in [-0.1, -0.05) is 0 Å². The van der Waals surface area contributed by atoms with Crippen LogP contribution in [0.5, 0.6) is 0 Å². The van der Waals surface area contributed by atoms with E-state index in [9.17, 15) is 10.1 Å². The minimum absolute atomic E-state index is 0.0246. The minimum atomic E-state index is -0.428. The SMILES string of the molecule is CSC(C)(C)CNc1ncc([N+](=O)[O-])c(C)c1Br. The molecular formula is C11H16BrN3O2S. The lowest BCUT2D eigenvalue weighted by atomic mass is 10.2. The number of nitro groups is 1. The number of hydrogen-bond acceptors (Lipinski definition) is 5. The van der Waals surface area contributed by atoms with Gasteiger partial charge in [-0.15, -0.1) is 0 Å². The maximum absolute atomic E-state index is 10.8. The molecule has 0 aliphatic carbocycles. The van der Waals surface area contributed by atoms with E-state index < -0.39 is 4.92 Å². The molecule has 0 saturated carbocycles. The summed E-state index contributed by atoms with van der Waals surface area (Å²) in [6, 6.07) is 0. The zero-order valence-corrected chi connectivity index (χ0v) is 13.2. The zero-order valence-electron chi connectivity index (χ0n) is 10.8. The summed E-state index contributed by atoms with van der Waals surface area (Å²) in [5, 5.41) is 14.0. The van der Waals surface area contributed by atoms with Crippen LogP contribution in [-0.2, 0) is 0 Å². The van der Waals surface area contributed by atoms with Crippen molar-refractivity contribution < 1.29 is 4.92 Å². The van der Waals surface area contributed by atoms with E-state index in [0.717, 1.165) is 6.54 Å². The standard InChI is InChI=1S/C11H16BrN3O2S/c1-7-8(15(16)17)5-13-10(9(7)12)14-6-11(2,3)18-4/h5H,6H2,1-4H3,(H,13,14). The molecule has 0 amide bonds. The summed E-state index contributed by atoms with van der Waals surface area (Å²) in [5.41, 5.74) is 0.607. The second kappa shape index (κ2) is 5.88. The number of nitrogens with one attached hydrogen (secondary N) is 1. The van der Waals surface area contributed by atoms with Gasteiger partial charge in [0.2, 0.25) is 0 Å². The molecule has 0 fully saturated rings. The normalized spacial score (nSPS) is 11.4. The summed E-state index contributed by atoms with van der Waals surface area (Å²) >= 11 is 5.10. The second-order valence-corrected chi connectivity index (χ2v) is 6.81. The van der Waals surface area contributed by atoms with E-state index in [-0.39, 0.29) is 10.4 Å². The Kier molecular flexibility index (Phi) is 4.98. The molecule has 1 aromatic heterocycles. The highest BCUT2D eigenvalue weighted by molar-refractivity contribution is 9.10. The quantitative estimate of drug-likeness (QED) is 0.658. The van der Waals surface area contributed by atoms with Gasteiger partial charge < -0.3 is 5.32 Å². The average molecular weight is 334 g/mol. The molecule has 0 saturated heterocycles. The van der Waals surface area contributed by atoms with Crippen molar-refractivity contribution in [2.75, 3.05) is 18.1 Å². The molecule has 7 heteroatoms. The Balaban J connectivity index is 2.93. The predicted octanol–water partition coefficient (Wildman–Crippen LogP) is 3.61. The average Bonchev–Trinajstić information content (AvgIpc) is 2.30. The maximum atomic E-state index is 10.8. The third-order valence-electron chi connectivity index (χ3n) is 2.67. The molecule has 0 aliphatic heterocycles. The van der Waals surface area contributed by atoms with Gasteiger partial charge in [0, 0.05) is 16.9 Å². The number of aromatic nitrogens is 1. The van der Waals surface area contributed by atoms with Gasteiger partial charge in [-0.2, -0.15) is 11.8 Å². The number of nitrogens with zero attached hydrogens (tertiary/aromatic N) is 2. The first-order valence-corrected chi connectivity index (χ1v) is 7.39. The molecule has 0 aromatic carbocycles. The van der Waals surface area contributed by atoms with E-state index in [4.69, 9.17) is 0 Å². The van der Waals surface area contributed by atoms with Crippen LogP contribution in [-0.4, -0.2) is 27.5 Å². The van der Waals surface area contributed by atoms with Gasteiger partial charge in [-0.25, -0.2) is 4.98 Å². The lowest BCUT2D eigenvalue weighted by Crippen LogP contribution is -2.26. The van der Waals surface area contributed by atoms with E-state index in [1.165, 1.54) is 6.20 Å². The highest BCUT2D eigenvalue weighted by atomic mass is 79.9. The van der Waals surface area contributed by atoms with Crippen molar-refractivity contribution in [3.05, 3.63) is 26.3 Å². The van der Waals surface area contributed by atoms with Gasteiger partial charge in [0.1, 0.15) is 12.0 Å². The van der Waals surface area contributed by atoms with Crippen LogP contribution in [0.2, 0.25) is 0 Å². The molecule has 1 rings (SSSR count). The number of pyridine rings is 1. The molecule has 18 heavy (non-hydrogen) atoms. The number of rotatable bonds is 5. The van der Waals surface area contributed by atoms with Crippen LogP contribution < -0.4 is 5.32 Å². The van der Waals surface area contributed by atoms with E-state index in [1.54, 1.807) is 18.7 Å². The lowest BCUT2D eigenvalue weighted by molar-refractivity contribution is -0.385. The van der Waals surface area contributed by atoms with E-state index in [1.807, 2.05) is 6.26 Å². The molecular weight excluding hydrogens is 318 g/mol. The van der Waals surface area contributed by atoms with Gasteiger partial charge >= 0.3 is 0 Å². The van der Waals surface area contributed by atoms with Crippen molar-refractivity contribution in [3.63, 3.8) is 0 Å². The van der Waals surface area contributed by atoms with Crippen molar-refractivity contribution in [3.8, 4) is 0 Å². The van der Waals surface area contributed by atoms with Crippen molar-refractivity contribution in [2.45, 2.75) is 25.5 Å². The van der Waals surface area contributed by atoms with Gasteiger partial charge in [0.05, 0.1) is 9.40 Å². The second-order valence-electron chi connectivity index (χ2n) is 4.51. The highest BCUT2D eigenvalue weighted by Gasteiger charge is 2.20. The summed E-state index contributed by atoms with van der Waals surface area (Å²) in [6.07, 6.45) is 3.33. The summed E-state index contributed by atoms with van der Waals surface area (Å²) in [7, 11) is 0. The molecule has 0 aliphatic rings. The Morgan fingerprint density at radius 3 is 2.72 bits per heavy atom. The smallest absolute Gasteiger partial charge is 0.291 e. The minimum Gasteiger partial charge on any atom is -0.368 e. The molecule has 0 unspecified atom stereocenters. The molecule has 1 N–H and O–H groups in total. The van der Waals surface area contributed by atoms with Crippen LogP contribution in [0.4, 0.5) is 11.5 Å². The third kappa shape index (κ3) is 3.58.